The second kappa shape index (κ2) is 27.3. The van der Waals surface area contributed by atoms with Crippen LogP contribution in [0.2, 0.25) is 10.0 Å². The fourth-order valence-electron chi connectivity index (χ4n) is 7.10. The van der Waals surface area contributed by atoms with Gasteiger partial charge >= 0.3 is 0 Å². The highest BCUT2D eigenvalue weighted by atomic mass is 35.5. The summed E-state index contributed by atoms with van der Waals surface area (Å²) in [5.41, 5.74) is 5.89. The average Bonchev–Trinajstić information content (AvgIpc) is 3.34. The van der Waals surface area contributed by atoms with E-state index in [9.17, 15) is 29.4 Å². The minimum absolute atomic E-state index is 0.0264. The molecule has 0 aliphatic carbocycles. The molecule has 0 aliphatic heterocycles. The number of nitrogens with zero attached hydrogens (tertiary/aromatic N) is 1. The zero-order chi connectivity index (χ0) is 50.6. The highest BCUT2D eigenvalue weighted by Gasteiger charge is 2.19. The van der Waals surface area contributed by atoms with Crippen molar-refractivity contribution in [1.29, 1.82) is 0 Å². The van der Waals surface area contributed by atoms with Crippen LogP contribution in [0.15, 0.2) is 134 Å². The van der Waals surface area contributed by atoms with Crippen molar-refractivity contribution in [2.75, 3.05) is 36.2 Å². The molecular weight excluding hydrogens is 932 g/mol. The maximum atomic E-state index is 12.8. The summed E-state index contributed by atoms with van der Waals surface area (Å²) in [7, 11) is 1.77. The van der Waals surface area contributed by atoms with Gasteiger partial charge in [-0.3, -0.25) is 24.2 Å². The Bertz CT molecular complexity index is 2650. The van der Waals surface area contributed by atoms with Crippen LogP contribution in [-0.4, -0.2) is 83.4 Å². The van der Waals surface area contributed by atoms with Crippen LogP contribution in [0.3, 0.4) is 0 Å². The summed E-state index contributed by atoms with van der Waals surface area (Å²) in [6.07, 6.45) is 4.91. The van der Waals surface area contributed by atoms with Gasteiger partial charge in [-0.15, -0.1) is 0 Å². The molecule has 0 saturated heterocycles. The van der Waals surface area contributed by atoms with Crippen LogP contribution in [0.25, 0.3) is 0 Å². The second-order valence-electron chi connectivity index (χ2n) is 16.7. The van der Waals surface area contributed by atoms with E-state index in [0.717, 1.165) is 16.8 Å². The average molecular weight is 992 g/mol. The summed E-state index contributed by atoms with van der Waals surface area (Å²) in [6.45, 7) is 7.48. The van der Waals surface area contributed by atoms with Gasteiger partial charge < -0.3 is 46.3 Å². The quantitative estimate of drug-likeness (QED) is 0.0364. The lowest BCUT2D eigenvalue weighted by atomic mass is 10.0. The number of amides is 4. The zero-order valence-corrected chi connectivity index (χ0v) is 41.3. The van der Waals surface area contributed by atoms with E-state index in [0.29, 0.717) is 80.9 Å². The van der Waals surface area contributed by atoms with Gasteiger partial charge in [-0.1, -0.05) is 59.6 Å². The van der Waals surface area contributed by atoms with Gasteiger partial charge in [-0.25, -0.2) is 0 Å². The maximum Gasteiger partial charge on any atom is 0.257 e. The van der Waals surface area contributed by atoms with E-state index in [2.05, 4.69) is 31.6 Å². The number of carbonyl (C=O) groups is 4. The van der Waals surface area contributed by atoms with Crippen LogP contribution in [0.1, 0.15) is 93.1 Å². The Morgan fingerprint density at radius 2 is 1.00 bits per heavy atom. The van der Waals surface area contributed by atoms with E-state index in [1.807, 2.05) is 82.3 Å². The molecule has 2 atom stereocenters. The summed E-state index contributed by atoms with van der Waals surface area (Å²) < 4.78 is 11.2. The van der Waals surface area contributed by atoms with E-state index in [1.165, 1.54) is 0 Å². The second-order valence-corrected chi connectivity index (χ2v) is 17.5. The van der Waals surface area contributed by atoms with Gasteiger partial charge in [0.25, 0.3) is 23.6 Å². The fourth-order valence-corrected chi connectivity index (χ4v) is 7.55. The number of hydrogen-bond donors (Lipinski definition) is 7. The number of anilines is 3. The van der Waals surface area contributed by atoms with E-state index in [4.69, 9.17) is 32.7 Å². The Morgan fingerprint density at radius 3 is 1.41 bits per heavy atom. The van der Waals surface area contributed by atoms with E-state index >= 15 is 0 Å². The molecule has 0 bridgehead atoms. The molecule has 4 amide bonds. The molecule has 0 aliphatic rings. The van der Waals surface area contributed by atoms with Crippen LogP contribution in [0, 0.1) is 0 Å². The molecule has 0 spiro atoms. The molecule has 14 nitrogen and oxygen atoms in total. The summed E-state index contributed by atoms with van der Waals surface area (Å²) in [4.78, 5) is 54.4. The van der Waals surface area contributed by atoms with Crippen molar-refractivity contribution < 1.29 is 38.9 Å². The molecule has 0 saturated carbocycles. The molecule has 0 radical (unpaired) electrons. The number of rotatable bonds is 21. The third-order valence-electron chi connectivity index (χ3n) is 10.5. The van der Waals surface area contributed by atoms with Crippen LogP contribution in [0.5, 0.6) is 11.5 Å². The number of ether oxygens (including phenoxy) is 2. The fraction of sp³-hybridized carbons (Fsp3) is 0.278. The van der Waals surface area contributed by atoms with Gasteiger partial charge in [0, 0.05) is 78.5 Å². The molecule has 1 heterocycles. The largest absolute Gasteiger partial charge is 0.489 e. The highest BCUT2D eigenvalue weighted by Crippen LogP contribution is 2.28. The number of aromatic nitrogens is 1. The molecule has 6 aromatic rings. The van der Waals surface area contributed by atoms with Crippen molar-refractivity contribution in [3.05, 3.63) is 177 Å². The van der Waals surface area contributed by atoms with Crippen LogP contribution >= 0.6 is 23.2 Å². The third kappa shape index (κ3) is 16.9. The van der Waals surface area contributed by atoms with Crippen LogP contribution in [0.4, 0.5) is 17.1 Å². The number of aliphatic hydroxyl groups excluding tert-OH is 2. The van der Waals surface area contributed by atoms with E-state index < -0.39 is 0 Å². The van der Waals surface area contributed by atoms with Gasteiger partial charge in [0.15, 0.2) is 0 Å². The third-order valence-corrected chi connectivity index (χ3v) is 11.1. The van der Waals surface area contributed by atoms with E-state index in [1.54, 1.807) is 86.2 Å². The van der Waals surface area contributed by atoms with Gasteiger partial charge in [0.1, 0.15) is 11.5 Å². The van der Waals surface area contributed by atoms with Gasteiger partial charge in [0.2, 0.25) is 0 Å². The topological polar surface area (TPSA) is 200 Å². The van der Waals surface area contributed by atoms with Crippen molar-refractivity contribution in [2.24, 2.45) is 0 Å². The first kappa shape index (κ1) is 54.0. The molecule has 70 heavy (non-hydrogen) atoms. The SMILES string of the molecule is CC(C)Oc1ccc(C(=O)N[C@H](CCO)Cc2ccc(NC(=O)c3ccncc3)cc2)cc1Cl.CNc1ccccc1C(=O)Nc1ccc(C[C@@H](CCO)NC(=O)c2ccc(OC(C)C)c(Cl)c2)cc1. The lowest BCUT2D eigenvalue weighted by Gasteiger charge is -2.19. The summed E-state index contributed by atoms with van der Waals surface area (Å²) in [6, 6.07) is 34.6. The zero-order valence-electron chi connectivity index (χ0n) is 39.8. The number of benzene rings is 5. The molecule has 7 N–H and O–H groups in total. The predicted molar refractivity (Wildman–Crippen MR) is 277 cm³/mol. The summed E-state index contributed by atoms with van der Waals surface area (Å²) >= 11 is 12.5. The Balaban J connectivity index is 0.000000261. The molecule has 368 valence electrons. The standard InChI is InChI=1S/C28H32ClN3O4.C26H28ClN3O4/c1-18(2)36-26-13-10-20(17-24(26)29)27(34)32-22(14-15-33)16-19-8-11-21(12-9-19)31-28(35)23-6-4-5-7-25(23)30-3;1-17(2)34-24-8-5-20(16-23(24)27)26(33)30-22(11-14-31)15-18-3-6-21(7-4-18)29-25(32)19-9-12-28-13-10-19/h4-13,17-18,22,30,33H,14-16H2,1-3H3,(H,31,35)(H,32,34);3-10,12-13,16-17,22,31H,11,14-15H2,1-2H3,(H,29,32)(H,30,33)/t2*22-/m11/s1. The number of nitrogens with one attached hydrogen (secondary N) is 5. The number of halogens is 2. The number of pyridine rings is 1. The molecule has 16 heteroatoms. The van der Waals surface area contributed by atoms with Crippen LogP contribution < -0.4 is 36.1 Å². The van der Waals surface area contributed by atoms with Gasteiger partial charge in [-0.2, -0.15) is 0 Å². The lowest BCUT2D eigenvalue weighted by Crippen LogP contribution is -2.37. The normalized spacial score (nSPS) is 11.6. The summed E-state index contributed by atoms with van der Waals surface area (Å²) in [5.74, 6) is 0.0647. The van der Waals surface area contributed by atoms with Gasteiger partial charge in [0.05, 0.1) is 27.8 Å². The Kier molecular flexibility index (Phi) is 21.0. The number of carbonyl (C=O) groups excluding carboxylic acids is 4. The maximum absolute atomic E-state index is 12.8. The van der Waals surface area contributed by atoms with Crippen molar-refractivity contribution >= 4 is 63.9 Å². The van der Waals surface area contributed by atoms with Crippen molar-refractivity contribution in [2.45, 2.75) is 77.7 Å². The minimum atomic E-state index is -0.282. The molecule has 5 aromatic carbocycles. The Hall–Kier alpha value is -6.97. The van der Waals surface area contributed by atoms with Crippen molar-refractivity contribution in [1.82, 2.24) is 15.6 Å². The number of aliphatic hydroxyl groups is 2. The molecule has 0 fully saturated rings. The predicted octanol–water partition coefficient (Wildman–Crippen LogP) is 9.64. The van der Waals surface area contributed by atoms with Crippen molar-refractivity contribution in [3.8, 4) is 11.5 Å². The lowest BCUT2D eigenvalue weighted by molar-refractivity contribution is 0.0921. The first-order valence-corrected chi connectivity index (χ1v) is 23.6. The number of para-hydroxylation sites is 1. The first-order chi connectivity index (χ1) is 33.6. The smallest absolute Gasteiger partial charge is 0.257 e. The monoisotopic (exact) mass is 990 g/mol. The Morgan fingerprint density at radius 1 is 0.557 bits per heavy atom. The van der Waals surface area contributed by atoms with Crippen molar-refractivity contribution in [3.63, 3.8) is 0 Å². The summed E-state index contributed by atoms with van der Waals surface area (Å²) in [5, 5.41) is 34.4. The molecular formula is C54H60Cl2N6O8. The first-order valence-electron chi connectivity index (χ1n) is 22.9. The molecule has 0 unspecified atom stereocenters. The number of hydrogen-bond acceptors (Lipinski definition) is 10. The molecule has 6 rings (SSSR count). The van der Waals surface area contributed by atoms with Crippen LogP contribution in [-0.2, 0) is 12.8 Å². The Labute approximate surface area is 419 Å². The molecule has 1 aromatic heterocycles. The highest BCUT2D eigenvalue weighted by molar-refractivity contribution is 6.32. The van der Waals surface area contributed by atoms with Gasteiger partial charge in [-0.05, 0) is 149 Å². The van der Waals surface area contributed by atoms with E-state index in [-0.39, 0.29) is 61.1 Å². The minimum Gasteiger partial charge on any atom is -0.489 e.